The van der Waals surface area contributed by atoms with E-state index < -0.39 is 0 Å². The van der Waals surface area contributed by atoms with Gasteiger partial charge in [0.1, 0.15) is 0 Å². The van der Waals surface area contributed by atoms with Crippen LogP contribution in [0.15, 0.2) is 140 Å². The van der Waals surface area contributed by atoms with Crippen molar-refractivity contribution in [2.75, 3.05) is 0 Å². The van der Waals surface area contributed by atoms with Crippen LogP contribution in [-0.4, -0.2) is 14.5 Å². The zero-order valence-electron chi connectivity index (χ0n) is 24.8. The van der Waals surface area contributed by atoms with Crippen LogP contribution in [0.1, 0.15) is 23.7 Å². The molecule has 214 valence electrons. The predicted octanol–water partition coefficient (Wildman–Crippen LogP) is 10.6. The van der Waals surface area contributed by atoms with Gasteiger partial charge in [0.2, 0.25) is 5.95 Å². The highest BCUT2D eigenvalue weighted by Gasteiger charge is 2.33. The molecular weight excluding hydrogens is 567 g/mol. The molecule has 0 aliphatic heterocycles. The Labute approximate surface area is 265 Å². The summed E-state index contributed by atoms with van der Waals surface area (Å²) in [4.78, 5) is 9.94. The summed E-state index contributed by atoms with van der Waals surface area (Å²) in [6.45, 7) is 2.38. The minimum atomic E-state index is -0.147. The van der Waals surface area contributed by atoms with E-state index in [4.69, 9.17) is 9.97 Å². The van der Waals surface area contributed by atoms with Gasteiger partial charge in [-0.2, -0.15) is 0 Å². The van der Waals surface area contributed by atoms with E-state index in [0.717, 1.165) is 28.9 Å². The lowest BCUT2D eigenvalue weighted by Crippen LogP contribution is -2.25. The third-order valence-corrected chi connectivity index (χ3v) is 10.5. The molecule has 0 spiro atoms. The van der Waals surface area contributed by atoms with Crippen molar-refractivity contribution in [1.82, 2.24) is 14.5 Å². The number of aromatic nitrogens is 3. The van der Waals surface area contributed by atoms with E-state index in [0.29, 0.717) is 5.95 Å². The number of rotatable bonds is 4. The maximum Gasteiger partial charge on any atom is 0.235 e. The Morgan fingerprint density at radius 2 is 1.38 bits per heavy atom. The van der Waals surface area contributed by atoms with Gasteiger partial charge < -0.3 is 0 Å². The van der Waals surface area contributed by atoms with Gasteiger partial charge in [0.25, 0.3) is 0 Å². The lowest BCUT2D eigenvalue weighted by Gasteiger charge is -2.31. The molecule has 0 radical (unpaired) electrons. The van der Waals surface area contributed by atoms with Crippen LogP contribution < -0.4 is 0 Å². The fourth-order valence-corrected chi connectivity index (χ4v) is 8.41. The number of nitrogens with zero attached hydrogens (tertiary/aromatic N) is 3. The summed E-state index contributed by atoms with van der Waals surface area (Å²) >= 11 is 1.91. The molecule has 0 bridgehead atoms. The molecule has 3 aromatic heterocycles. The average molecular weight is 596 g/mol. The number of thiophene rings is 1. The maximum absolute atomic E-state index is 5.13. The lowest BCUT2D eigenvalue weighted by atomic mass is 9.73. The highest BCUT2D eigenvalue weighted by molar-refractivity contribution is 7.26. The van der Waals surface area contributed by atoms with Gasteiger partial charge in [-0.15, -0.1) is 11.3 Å². The van der Waals surface area contributed by atoms with Crippen molar-refractivity contribution >= 4 is 48.5 Å². The maximum atomic E-state index is 5.13. The van der Waals surface area contributed by atoms with Crippen LogP contribution in [0.25, 0.3) is 65.5 Å². The first-order valence-corrected chi connectivity index (χ1v) is 16.2. The minimum absolute atomic E-state index is 0.147. The molecule has 45 heavy (non-hydrogen) atoms. The van der Waals surface area contributed by atoms with Crippen LogP contribution in [0.5, 0.6) is 0 Å². The van der Waals surface area contributed by atoms with Crippen molar-refractivity contribution in [3.63, 3.8) is 0 Å². The summed E-state index contributed by atoms with van der Waals surface area (Å²) in [5.74, 6) is 0.692. The molecule has 0 saturated carbocycles. The van der Waals surface area contributed by atoms with Gasteiger partial charge in [0, 0.05) is 42.7 Å². The van der Waals surface area contributed by atoms with Crippen molar-refractivity contribution in [1.29, 1.82) is 0 Å². The van der Waals surface area contributed by atoms with E-state index >= 15 is 0 Å². The molecule has 9 rings (SSSR count). The molecule has 0 saturated heterocycles. The van der Waals surface area contributed by atoms with E-state index in [1.807, 2.05) is 29.7 Å². The molecule has 3 heterocycles. The Bertz CT molecular complexity index is 2410. The third-order valence-electron chi connectivity index (χ3n) is 9.32. The van der Waals surface area contributed by atoms with Gasteiger partial charge >= 0.3 is 0 Å². The highest BCUT2D eigenvalue weighted by atomic mass is 32.1. The van der Waals surface area contributed by atoms with E-state index in [1.165, 1.54) is 47.8 Å². The number of hydrogen-bond acceptors (Lipinski definition) is 3. The van der Waals surface area contributed by atoms with Crippen LogP contribution >= 0.6 is 11.3 Å². The molecule has 0 fully saturated rings. The second-order valence-corrected chi connectivity index (χ2v) is 13.2. The Morgan fingerprint density at radius 3 is 2.24 bits per heavy atom. The molecule has 1 aliphatic rings. The summed E-state index contributed by atoms with van der Waals surface area (Å²) in [5.41, 5.74) is 9.26. The van der Waals surface area contributed by atoms with E-state index in [2.05, 4.69) is 139 Å². The van der Waals surface area contributed by atoms with Crippen LogP contribution in [0.4, 0.5) is 0 Å². The Morgan fingerprint density at radius 1 is 0.667 bits per heavy atom. The van der Waals surface area contributed by atoms with Crippen LogP contribution in [-0.2, 0) is 11.8 Å². The van der Waals surface area contributed by atoms with Gasteiger partial charge in [0.05, 0.1) is 16.9 Å². The van der Waals surface area contributed by atoms with Crippen LogP contribution in [0.3, 0.4) is 0 Å². The lowest BCUT2D eigenvalue weighted by molar-refractivity contribution is 0.593. The monoisotopic (exact) mass is 595 g/mol. The Kier molecular flexibility index (Phi) is 5.87. The fourth-order valence-electron chi connectivity index (χ4n) is 7.05. The zero-order valence-corrected chi connectivity index (χ0v) is 25.6. The largest absolute Gasteiger partial charge is 0.278 e. The first-order valence-electron chi connectivity index (χ1n) is 15.4. The molecule has 1 atom stereocenters. The van der Waals surface area contributed by atoms with Gasteiger partial charge in [-0.05, 0) is 52.9 Å². The molecule has 3 nitrogen and oxygen atoms in total. The minimum Gasteiger partial charge on any atom is -0.278 e. The summed E-state index contributed by atoms with van der Waals surface area (Å²) in [6.07, 6.45) is 7.48. The second-order valence-electron chi connectivity index (χ2n) is 12.1. The van der Waals surface area contributed by atoms with Gasteiger partial charge in [-0.25, -0.2) is 9.97 Å². The molecule has 5 aromatic carbocycles. The normalized spacial score (nSPS) is 16.0. The Balaban J connectivity index is 1.14. The first kappa shape index (κ1) is 26.1. The Hall–Kier alpha value is -5.32. The molecule has 0 N–H and O–H groups in total. The fraction of sp³-hybridized carbons (Fsp3) is 0.0732. The summed E-state index contributed by atoms with van der Waals surface area (Å²) < 4.78 is 4.96. The third kappa shape index (κ3) is 4.17. The molecule has 0 amide bonds. The standard InChI is InChI=1S/C41H29N3S/c1-41(34-15-9-14-32-31-13-6-8-17-38(31)45-39(32)34)24-22-37-33(26-41)30-12-5-7-16-36(30)44(37)40-42-25-23-35(43-40)29-20-18-28(19-21-29)27-10-3-2-4-11-27/h2-25H,26H2,1H3. The van der Waals surface area contributed by atoms with Gasteiger partial charge in [-0.1, -0.05) is 122 Å². The molecule has 8 aromatic rings. The number of allylic oxidation sites excluding steroid dienone is 1. The number of fused-ring (bicyclic) bond motifs is 6. The van der Waals surface area contributed by atoms with Crippen molar-refractivity contribution < 1.29 is 0 Å². The molecule has 1 unspecified atom stereocenters. The van der Waals surface area contributed by atoms with Crippen LogP contribution in [0, 0.1) is 0 Å². The number of hydrogen-bond donors (Lipinski definition) is 0. The van der Waals surface area contributed by atoms with Crippen molar-refractivity contribution in [2.24, 2.45) is 0 Å². The molecule has 4 heteroatoms. The van der Waals surface area contributed by atoms with Gasteiger partial charge in [-0.3, -0.25) is 4.57 Å². The topological polar surface area (TPSA) is 30.7 Å². The first-order chi connectivity index (χ1) is 22.2. The number of benzene rings is 5. The van der Waals surface area contributed by atoms with E-state index in [9.17, 15) is 0 Å². The van der Waals surface area contributed by atoms with Crippen molar-refractivity contribution in [3.05, 3.63) is 156 Å². The van der Waals surface area contributed by atoms with E-state index in [1.54, 1.807) is 0 Å². The summed E-state index contributed by atoms with van der Waals surface area (Å²) in [5, 5.41) is 3.94. The van der Waals surface area contributed by atoms with E-state index in [-0.39, 0.29) is 5.41 Å². The van der Waals surface area contributed by atoms with Gasteiger partial charge in [0.15, 0.2) is 0 Å². The second kappa shape index (κ2) is 10.1. The van der Waals surface area contributed by atoms with Crippen LogP contribution in [0.2, 0.25) is 0 Å². The van der Waals surface area contributed by atoms with Crippen molar-refractivity contribution in [3.8, 4) is 28.3 Å². The average Bonchev–Trinajstić information content (AvgIpc) is 3.64. The summed E-state index contributed by atoms with van der Waals surface area (Å²) in [6, 6.07) is 45.4. The predicted molar refractivity (Wildman–Crippen MR) is 189 cm³/mol. The quantitative estimate of drug-likeness (QED) is 0.203. The molecular formula is C41H29N3S. The smallest absolute Gasteiger partial charge is 0.235 e. The highest BCUT2D eigenvalue weighted by Crippen LogP contribution is 2.46. The zero-order chi connectivity index (χ0) is 30.0. The molecule has 1 aliphatic carbocycles. The summed E-state index contributed by atoms with van der Waals surface area (Å²) in [7, 11) is 0. The SMILES string of the molecule is CC1(c2cccc3c2sc2ccccc23)C=Cc2c(c3ccccc3n2-c2nccc(-c3ccc(-c4ccccc4)cc3)n2)C1. The number of para-hydroxylation sites is 1. The van der Waals surface area contributed by atoms with Crippen molar-refractivity contribution in [2.45, 2.75) is 18.8 Å².